The summed E-state index contributed by atoms with van der Waals surface area (Å²) in [6.07, 6.45) is 5.84. The van der Waals surface area contributed by atoms with Crippen LogP contribution in [-0.4, -0.2) is 21.2 Å². The first-order valence-electron chi connectivity index (χ1n) is 21.3. The Hall–Kier alpha value is -6.40. The van der Waals surface area contributed by atoms with Crippen molar-refractivity contribution in [1.29, 1.82) is 0 Å². The number of rotatable bonds is 8. The lowest BCUT2D eigenvalue weighted by molar-refractivity contribution is 0.483. The highest BCUT2D eigenvalue weighted by atomic mass is 16.5. The molecule has 6 nitrogen and oxygen atoms in total. The number of anilines is 4. The van der Waals surface area contributed by atoms with Crippen molar-refractivity contribution in [2.45, 2.75) is 86.5 Å². The summed E-state index contributed by atoms with van der Waals surface area (Å²) in [7, 11) is 0. The third kappa shape index (κ3) is 6.88. The number of pyridine rings is 2. The Balaban J connectivity index is 1.09. The third-order valence-corrected chi connectivity index (χ3v) is 12.1. The standard InChI is InChI=1S/C54H55N5O/c1-33(2)45-26-38(52-36(6)24-35(5)25-37(52)7)27-46(34(3)4)53(45)58-32-57(48-21-22-55-31-50(48)58)40-14-13-15-41(29-40)60-42-18-19-44-43-16-11-12-17-47(43)59(49(44)30-42)51-28-39(20-23-56-51)54(8,9)10/h11-31,33-34H,32H2,1-10H3. The molecule has 4 heterocycles. The van der Waals surface area contributed by atoms with Gasteiger partial charge in [0, 0.05) is 46.7 Å². The van der Waals surface area contributed by atoms with Gasteiger partial charge in [-0.2, -0.15) is 0 Å². The minimum atomic E-state index is -0.00269. The van der Waals surface area contributed by atoms with Crippen LogP contribution in [0.4, 0.5) is 22.7 Å². The van der Waals surface area contributed by atoms with Crippen molar-refractivity contribution in [1.82, 2.24) is 14.5 Å². The first-order chi connectivity index (χ1) is 28.8. The summed E-state index contributed by atoms with van der Waals surface area (Å²) in [5, 5.41) is 2.35. The van der Waals surface area contributed by atoms with Crippen molar-refractivity contribution < 1.29 is 4.74 Å². The van der Waals surface area contributed by atoms with Gasteiger partial charge in [-0.1, -0.05) is 90.4 Å². The van der Waals surface area contributed by atoms with Crippen molar-refractivity contribution in [3.05, 3.63) is 161 Å². The van der Waals surface area contributed by atoms with Gasteiger partial charge < -0.3 is 14.5 Å². The van der Waals surface area contributed by atoms with Gasteiger partial charge in [0.25, 0.3) is 0 Å². The highest BCUT2D eigenvalue weighted by molar-refractivity contribution is 6.09. The minimum Gasteiger partial charge on any atom is -0.457 e. The van der Waals surface area contributed by atoms with Crippen LogP contribution in [0.5, 0.6) is 11.5 Å². The SMILES string of the molecule is Cc1cc(C)c(-c2cc(C(C)C)c(N3CN(c4cccc(Oc5ccc6c7ccccc7n(-c7cc(C(C)(C)C)ccn7)c6c5)c4)c4ccncc43)c(C(C)C)c2)c(C)c1. The fraction of sp³-hybridized carbons (Fsp3) is 0.259. The van der Waals surface area contributed by atoms with E-state index in [4.69, 9.17) is 9.72 Å². The topological polar surface area (TPSA) is 46.4 Å². The Bertz CT molecular complexity index is 2880. The van der Waals surface area contributed by atoms with Crippen LogP contribution in [0.25, 0.3) is 38.8 Å². The quantitative estimate of drug-likeness (QED) is 0.153. The van der Waals surface area contributed by atoms with E-state index < -0.39 is 0 Å². The summed E-state index contributed by atoms with van der Waals surface area (Å²) in [4.78, 5) is 14.4. The number of benzene rings is 5. The summed E-state index contributed by atoms with van der Waals surface area (Å²) >= 11 is 0. The van der Waals surface area contributed by atoms with E-state index >= 15 is 0 Å². The molecule has 0 atom stereocenters. The van der Waals surface area contributed by atoms with Crippen LogP contribution < -0.4 is 14.5 Å². The predicted molar refractivity (Wildman–Crippen MR) is 251 cm³/mol. The first kappa shape index (κ1) is 39.1. The van der Waals surface area contributed by atoms with Gasteiger partial charge in [0.15, 0.2) is 0 Å². The molecule has 0 N–H and O–H groups in total. The number of hydrogen-bond acceptors (Lipinski definition) is 5. The molecule has 0 bridgehead atoms. The third-order valence-electron chi connectivity index (χ3n) is 12.1. The summed E-state index contributed by atoms with van der Waals surface area (Å²) in [5.41, 5.74) is 17.2. The molecule has 3 aromatic heterocycles. The van der Waals surface area contributed by atoms with Crippen molar-refractivity contribution in [2.75, 3.05) is 16.5 Å². The maximum Gasteiger partial charge on any atom is 0.137 e. The van der Waals surface area contributed by atoms with Crippen LogP contribution in [0.15, 0.2) is 128 Å². The van der Waals surface area contributed by atoms with E-state index in [9.17, 15) is 0 Å². The molecule has 0 fully saturated rings. The van der Waals surface area contributed by atoms with Gasteiger partial charge in [0.1, 0.15) is 24.0 Å². The van der Waals surface area contributed by atoms with Crippen LogP contribution in [0, 0.1) is 20.8 Å². The van der Waals surface area contributed by atoms with E-state index in [1.165, 1.54) is 55.6 Å². The molecule has 1 aliphatic rings. The predicted octanol–water partition coefficient (Wildman–Crippen LogP) is 14.7. The van der Waals surface area contributed by atoms with Crippen LogP contribution in [0.1, 0.15) is 93.7 Å². The van der Waals surface area contributed by atoms with Crippen LogP contribution in [-0.2, 0) is 5.41 Å². The van der Waals surface area contributed by atoms with E-state index in [-0.39, 0.29) is 5.41 Å². The molecule has 0 saturated carbocycles. The highest BCUT2D eigenvalue weighted by Gasteiger charge is 2.33. The molecule has 0 radical (unpaired) electrons. The number of aromatic nitrogens is 3. The number of para-hydroxylation sites is 1. The van der Waals surface area contributed by atoms with Gasteiger partial charge in [0.2, 0.25) is 0 Å². The number of ether oxygens (including phenoxy) is 1. The van der Waals surface area contributed by atoms with Gasteiger partial charge >= 0.3 is 0 Å². The Kier molecular flexibility index (Phi) is 9.78. The monoisotopic (exact) mass is 789 g/mol. The van der Waals surface area contributed by atoms with Gasteiger partial charge in [0.05, 0.1) is 28.6 Å². The second-order valence-electron chi connectivity index (χ2n) is 18.2. The lowest BCUT2D eigenvalue weighted by atomic mass is 9.85. The van der Waals surface area contributed by atoms with Crippen LogP contribution in [0.3, 0.4) is 0 Å². The normalized spacial score (nSPS) is 13.0. The molecule has 302 valence electrons. The van der Waals surface area contributed by atoms with E-state index in [0.717, 1.165) is 50.8 Å². The lowest BCUT2D eigenvalue weighted by Gasteiger charge is -2.30. The molecule has 60 heavy (non-hydrogen) atoms. The van der Waals surface area contributed by atoms with Crippen molar-refractivity contribution in [2.24, 2.45) is 0 Å². The van der Waals surface area contributed by atoms with E-state index in [1.807, 2.05) is 24.7 Å². The number of nitrogens with zero attached hydrogens (tertiary/aromatic N) is 5. The molecule has 0 amide bonds. The molecule has 5 aromatic carbocycles. The van der Waals surface area contributed by atoms with Gasteiger partial charge in [-0.05, 0) is 138 Å². The van der Waals surface area contributed by atoms with Crippen molar-refractivity contribution in [3.8, 4) is 28.4 Å². The summed E-state index contributed by atoms with van der Waals surface area (Å²) in [6, 6.07) is 39.4. The Morgan fingerprint density at radius 1 is 0.633 bits per heavy atom. The molecule has 0 saturated heterocycles. The molecule has 1 aliphatic heterocycles. The zero-order chi connectivity index (χ0) is 42.0. The minimum absolute atomic E-state index is 0.00269. The second kappa shape index (κ2) is 15.0. The highest BCUT2D eigenvalue weighted by Crippen LogP contribution is 2.50. The average molecular weight is 790 g/mol. The second-order valence-corrected chi connectivity index (χ2v) is 18.2. The number of hydrogen-bond donors (Lipinski definition) is 0. The molecule has 0 aliphatic carbocycles. The lowest BCUT2D eigenvalue weighted by Crippen LogP contribution is -2.26. The molecular weight excluding hydrogens is 735 g/mol. The maximum absolute atomic E-state index is 6.75. The molecular formula is C54H55N5O. The van der Waals surface area contributed by atoms with Crippen molar-refractivity contribution in [3.63, 3.8) is 0 Å². The average Bonchev–Trinajstić information content (AvgIpc) is 3.76. The smallest absolute Gasteiger partial charge is 0.137 e. The molecule has 0 spiro atoms. The summed E-state index contributed by atoms with van der Waals surface area (Å²) < 4.78 is 9.01. The first-order valence-corrected chi connectivity index (χ1v) is 21.3. The van der Waals surface area contributed by atoms with Gasteiger partial charge in [-0.3, -0.25) is 9.55 Å². The van der Waals surface area contributed by atoms with E-state index in [2.05, 4.69) is 192 Å². The molecule has 9 rings (SSSR count). The van der Waals surface area contributed by atoms with Crippen molar-refractivity contribution >= 4 is 44.6 Å². The fourth-order valence-corrected chi connectivity index (χ4v) is 9.29. The Morgan fingerprint density at radius 3 is 2.05 bits per heavy atom. The summed E-state index contributed by atoms with van der Waals surface area (Å²) in [6.45, 7) is 23.3. The van der Waals surface area contributed by atoms with E-state index in [0.29, 0.717) is 18.5 Å². The number of aryl methyl sites for hydroxylation is 3. The maximum atomic E-state index is 6.75. The summed E-state index contributed by atoms with van der Waals surface area (Å²) in [5.74, 6) is 3.06. The molecule has 0 unspecified atom stereocenters. The van der Waals surface area contributed by atoms with Gasteiger partial charge in [-0.15, -0.1) is 0 Å². The Labute approximate surface area is 355 Å². The van der Waals surface area contributed by atoms with Crippen LogP contribution >= 0.6 is 0 Å². The van der Waals surface area contributed by atoms with Crippen LogP contribution in [0.2, 0.25) is 0 Å². The fourth-order valence-electron chi connectivity index (χ4n) is 9.29. The largest absolute Gasteiger partial charge is 0.457 e. The number of fused-ring (bicyclic) bond motifs is 4. The van der Waals surface area contributed by atoms with E-state index in [1.54, 1.807) is 0 Å². The molecule has 8 aromatic rings. The zero-order valence-electron chi connectivity index (χ0n) is 36.6. The zero-order valence-corrected chi connectivity index (χ0v) is 36.6. The van der Waals surface area contributed by atoms with Gasteiger partial charge in [-0.25, -0.2) is 4.98 Å². The molecule has 6 heteroatoms. The Morgan fingerprint density at radius 2 is 1.33 bits per heavy atom.